The van der Waals surface area contributed by atoms with Crippen LogP contribution < -0.4 is 9.47 Å². The highest BCUT2D eigenvalue weighted by atomic mass is 16.6. The van der Waals surface area contributed by atoms with Crippen LogP contribution >= 0.6 is 0 Å². The van der Waals surface area contributed by atoms with Crippen molar-refractivity contribution in [1.29, 1.82) is 5.26 Å². The Morgan fingerprint density at radius 2 is 2.00 bits per heavy atom. The summed E-state index contributed by atoms with van der Waals surface area (Å²) < 4.78 is 14.8. The average Bonchev–Trinajstić information content (AvgIpc) is 2.45. The standard InChI is InChI=1S/C12H11N2O6/c1-18-10-4-3-8(5-11(10)19-2)7-20-12(15)9(6-13)14(16)17/h3-5H,7H2,1-2H3. The molecule has 0 fully saturated rings. The molecule has 105 valence electrons. The summed E-state index contributed by atoms with van der Waals surface area (Å²) >= 11 is 0. The average molecular weight is 279 g/mol. The molecule has 0 bridgehead atoms. The fourth-order valence-corrected chi connectivity index (χ4v) is 1.35. The van der Waals surface area contributed by atoms with Gasteiger partial charge in [-0.1, -0.05) is 6.07 Å². The van der Waals surface area contributed by atoms with Crippen molar-refractivity contribution in [3.63, 3.8) is 0 Å². The fraction of sp³-hybridized carbons (Fsp3) is 0.250. The molecule has 1 aromatic carbocycles. The van der Waals surface area contributed by atoms with Gasteiger partial charge in [0.1, 0.15) is 6.61 Å². The van der Waals surface area contributed by atoms with Crippen LogP contribution in [0.2, 0.25) is 0 Å². The van der Waals surface area contributed by atoms with Crippen molar-refractivity contribution in [1.82, 2.24) is 0 Å². The van der Waals surface area contributed by atoms with Crippen molar-refractivity contribution in [2.45, 2.75) is 6.61 Å². The molecule has 0 aliphatic carbocycles. The van der Waals surface area contributed by atoms with Gasteiger partial charge in [-0.25, -0.2) is 4.79 Å². The number of hydrogen-bond acceptors (Lipinski definition) is 7. The molecule has 1 rings (SSSR count). The van der Waals surface area contributed by atoms with Crippen LogP contribution in [0.4, 0.5) is 0 Å². The van der Waals surface area contributed by atoms with E-state index in [1.165, 1.54) is 20.3 Å². The van der Waals surface area contributed by atoms with E-state index in [0.29, 0.717) is 17.1 Å². The molecule has 8 heteroatoms. The van der Waals surface area contributed by atoms with Crippen LogP contribution in [0.5, 0.6) is 11.5 Å². The van der Waals surface area contributed by atoms with Crippen molar-refractivity contribution in [3.8, 4) is 17.6 Å². The smallest absolute Gasteiger partial charge is 0.492 e. The van der Waals surface area contributed by atoms with Crippen LogP contribution in [-0.2, 0) is 16.1 Å². The van der Waals surface area contributed by atoms with E-state index in [-0.39, 0.29) is 6.61 Å². The van der Waals surface area contributed by atoms with Crippen molar-refractivity contribution < 1.29 is 23.9 Å². The number of carbonyl (C=O) groups excluding carboxylic acids is 1. The minimum atomic E-state index is -1.28. The third-order valence-corrected chi connectivity index (χ3v) is 2.30. The van der Waals surface area contributed by atoms with Gasteiger partial charge in [0.05, 0.1) is 19.1 Å². The minimum Gasteiger partial charge on any atom is -0.493 e. The molecule has 1 radical (unpaired) electrons. The second kappa shape index (κ2) is 6.94. The molecule has 8 nitrogen and oxygen atoms in total. The van der Waals surface area contributed by atoms with Gasteiger partial charge < -0.3 is 14.2 Å². The van der Waals surface area contributed by atoms with Gasteiger partial charge in [-0.3, -0.25) is 10.1 Å². The molecule has 0 heterocycles. The summed E-state index contributed by atoms with van der Waals surface area (Å²) in [6.07, 6.45) is 0. The van der Waals surface area contributed by atoms with Gasteiger partial charge in [-0.15, -0.1) is 0 Å². The molecular formula is C12H11N2O6. The van der Waals surface area contributed by atoms with Crippen molar-refractivity contribution in [2.75, 3.05) is 14.2 Å². The summed E-state index contributed by atoms with van der Waals surface area (Å²) in [5, 5.41) is 18.8. The van der Waals surface area contributed by atoms with E-state index in [1.54, 1.807) is 18.2 Å². The van der Waals surface area contributed by atoms with E-state index in [1.807, 2.05) is 0 Å². The molecule has 0 saturated heterocycles. The summed E-state index contributed by atoms with van der Waals surface area (Å²) in [6.45, 7) is -0.224. The highest BCUT2D eigenvalue weighted by molar-refractivity contribution is 5.85. The Bertz CT molecular complexity index is 551. The predicted molar refractivity (Wildman–Crippen MR) is 65.2 cm³/mol. The van der Waals surface area contributed by atoms with Crippen molar-refractivity contribution >= 4 is 5.97 Å². The Kier molecular flexibility index (Phi) is 5.29. The molecule has 0 amide bonds. The van der Waals surface area contributed by atoms with Gasteiger partial charge >= 0.3 is 12.0 Å². The maximum absolute atomic E-state index is 11.3. The van der Waals surface area contributed by atoms with Crippen LogP contribution in [0.3, 0.4) is 0 Å². The number of nitriles is 1. The second-order valence-electron chi connectivity index (χ2n) is 3.48. The Balaban J connectivity index is 2.73. The Labute approximate surface area is 114 Å². The van der Waals surface area contributed by atoms with Crippen LogP contribution in [0, 0.1) is 27.5 Å². The Morgan fingerprint density at radius 1 is 1.35 bits per heavy atom. The van der Waals surface area contributed by atoms with Gasteiger partial charge in [0, 0.05) is 0 Å². The maximum Gasteiger partial charge on any atom is 0.492 e. The molecule has 0 N–H and O–H groups in total. The van der Waals surface area contributed by atoms with Crippen molar-refractivity contribution in [3.05, 3.63) is 39.9 Å². The molecule has 0 atom stereocenters. The normalized spacial score (nSPS) is 9.70. The molecule has 0 aliphatic heterocycles. The first-order valence-electron chi connectivity index (χ1n) is 5.33. The molecule has 0 unspecified atom stereocenters. The van der Waals surface area contributed by atoms with E-state index in [4.69, 9.17) is 14.7 Å². The summed E-state index contributed by atoms with van der Waals surface area (Å²) in [5.41, 5.74) is 0.539. The molecule has 0 spiro atoms. The third-order valence-electron chi connectivity index (χ3n) is 2.30. The Morgan fingerprint density at radius 3 is 2.50 bits per heavy atom. The monoisotopic (exact) mass is 279 g/mol. The number of nitrogens with zero attached hydrogens (tertiary/aromatic N) is 2. The van der Waals surface area contributed by atoms with E-state index < -0.39 is 16.9 Å². The third kappa shape index (κ3) is 3.58. The zero-order chi connectivity index (χ0) is 15.1. The number of esters is 1. The largest absolute Gasteiger partial charge is 0.493 e. The van der Waals surface area contributed by atoms with E-state index in [2.05, 4.69) is 4.74 Å². The molecule has 0 saturated carbocycles. The highest BCUT2D eigenvalue weighted by Gasteiger charge is 2.35. The van der Waals surface area contributed by atoms with E-state index >= 15 is 0 Å². The van der Waals surface area contributed by atoms with Crippen molar-refractivity contribution in [2.24, 2.45) is 0 Å². The van der Waals surface area contributed by atoms with Crippen LogP contribution in [0.25, 0.3) is 0 Å². The molecule has 0 aliphatic rings. The summed E-state index contributed by atoms with van der Waals surface area (Å²) in [4.78, 5) is 20.6. The molecule has 20 heavy (non-hydrogen) atoms. The lowest BCUT2D eigenvalue weighted by molar-refractivity contribution is -0.448. The number of rotatable bonds is 6. The summed E-state index contributed by atoms with van der Waals surface area (Å²) in [6, 6.07) is 4.78. The molecule has 0 aromatic heterocycles. The summed E-state index contributed by atoms with van der Waals surface area (Å²) in [7, 11) is 2.92. The minimum absolute atomic E-state index is 0.224. The lowest BCUT2D eigenvalue weighted by Crippen LogP contribution is -2.21. The van der Waals surface area contributed by atoms with Gasteiger partial charge in [0.25, 0.3) is 0 Å². The Hall–Kier alpha value is -2.82. The van der Waals surface area contributed by atoms with Crippen LogP contribution in [0.1, 0.15) is 5.56 Å². The number of ether oxygens (including phenoxy) is 3. The van der Waals surface area contributed by atoms with Gasteiger partial charge in [-0.2, -0.15) is 5.26 Å². The number of carbonyl (C=O) groups is 1. The first-order valence-corrected chi connectivity index (χ1v) is 5.33. The van der Waals surface area contributed by atoms with E-state index in [0.717, 1.165) is 0 Å². The zero-order valence-corrected chi connectivity index (χ0v) is 10.8. The molecular weight excluding hydrogens is 268 g/mol. The SMILES string of the molecule is COc1ccc(COC(=O)[C](C#N)[N+](=O)[O-])cc1OC. The number of hydrogen-bond donors (Lipinski definition) is 0. The van der Waals surface area contributed by atoms with E-state index in [9.17, 15) is 14.9 Å². The predicted octanol–water partition coefficient (Wildman–Crippen LogP) is 1.08. The zero-order valence-electron chi connectivity index (χ0n) is 10.8. The highest BCUT2D eigenvalue weighted by Crippen LogP contribution is 2.27. The fourth-order valence-electron chi connectivity index (χ4n) is 1.35. The summed E-state index contributed by atoms with van der Waals surface area (Å²) in [5.74, 6) is -0.357. The number of methoxy groups -OCH3 is 2. The lowest BCUT2D eigenvalue weighted by atomic mass is 10.2. The number of nitro groups is 1. The lowest BCUT2D eigenvalue weighted by Gasteiger charge is -2.09. The maximum atomic E-state index is 11.3. The first-order chi connectivity index (χ1) is 9.53. The second-order valence-corrected chi connectivity index (χ2v) is 3.48. The van der Waals surface area contributed by atoms with Crippen LogP contribution in [0.15, 0.2) is 18.2 Å². The van der Waals surface area contributed by atoms with Gasteiger partial charge in [-0.05, 0) is 17.7 Å². The van der Waals surface area contributed by atoms with Crippen LogP contribution in [-0.4, -0.2) is 25.1 Å². The first kappa shape index (κ1) is 15.2. The van der Waals surface area contributed by atoms with Gasteiger partial charge in [0.15, 0.2) is 17.6 Å². The van der Waals surface area contributed by atoms with Gasteiger partial charge in [0.2, 0.25) is 0 Å². The molecule has 1 aromatic rings. The topological polar surface area (TPSA) is 112 Å². The quantitative estimate of drug-likeness (QED) is 0.435. The number of benzene rings is 1.